The molecule has 27 heavy (non-hydrogen) atoms. The molecule has 3 rings (SSSR count). The molecular formula is C19H18BrNO6. The number of rotatable bonds is 6. The van der Waals surface area contributed by atoms with Gasteiger partial charge in [0.25, 0.3) is 5.91 Å². The third-order valence-electron chi connectivity index (χ3n) is 3.85. The molecule has 1 amide bonds. The molecule has 1 aliphatic heterocycles. The number of halogens is 1. The van der Waals surface area contributed by atoms with Gasteiger partial charge in [-0.15, -0.1) is 0 Å². The first-order chi connectivity index (χ1) is 13.1. The molecule has 2 aromatic rings. The molecular weight excluding hydrogens is 418 g/mol. The van der Waals surface area contributed by atoms with Gasteiger partial charge in [-0.05, 0) is 36.4 Å². The zero-order valence-electron chi connectivity index (χ0n) is 14.6. The highest BCUT2D eigenvalue weighted by Gasteiger charge is 2.16. The first-order valence-corrected chi connectivity index (χ1v) is 9.02. The molecule has 1 N–H and O–H groups in total. The number of carbonyl (C=O) groups excluding carboxylic acids is 2. The number of hydrogen-bond donors (Lipinski definition) is 1. The molecule has 0 aromatic heterocycles. The largest absolute Gasteiger partial charge is 0.497 e. The summed E-state index contributed by atoms with van der Waals surface area (Å²) in [5, 5.41) is 2.53. The van der Waals surface area contributed by atoms with Crippen molar-refractivity contribution in [3.05, 3.63) is 52.0 Å². The smallest absolute Gasteiger partial charge is 0.325 e. The quantitative estimate of drug-likeness (QED) is 0.702. The SMILES string of the molecule is COc1ccc(C(=O)NCC(=O)OCc2cc3c(cc2Br)OCCO3)cc1. The van der Waals surface area contributed by atoms with E-state index in [0.717, 1.165) is 10.0 Å². The lowest BCUT2D eigenvalue weighted by atomic mass is 10.2. The molecule has 8 heteroatoms. The molecule has 2 aromatic carbocycles. The maximum absolute atomic E-state index is 12.0. The van der Waals surface area contributed by atoms with Crippen LogP contribution in [0.3, 0.4) is 0 Å². The van der Waals surface area contributed by atoms with Gasteiger partial charge >= 0.3 is 5.97 Å². The summed E-state index contributed by atoms with van der Waals surface area (Å²) in [5.74, 6) is 1.00. The Morgan fingerprint density at radius 2 is 1.78 bits per heavy atom. The van der Waals surface area contributed by atoms with E-state index >= 15 is 0 Å². The number of amides is 1. The lowest BCUT2D eigenvalue weighted by Gasteiger charge is -2.19. The van der Waals surface area contributed by atoms with Crippen LogP contribution >= 0.6 is 15.9 Å². The molecule has 0 saturated carbocycles. The summed E-state index contributed by atoms with van der Waals surface area (Å²) in [6.45, 7) is 0.800. The number of hydrogen-bond acceptors (Lipinski definition) is 6. The van der Waals surface area contributed by atoms with Crippen LogP contribution in [-0.4, -0.2) is 38.7 Å². The Labute approximate surface area is 164 Å². The lowest BCUT2D eigenvalue weighted by molar-refractivity contribution is -0.143. The molecule has 0 fully saturated rings. The summed E-state index contributed by atoms with van der Waals surface area (Å²) in [7, 11) is 1.55. The number of ether oxygens (including phenoxy) is 4. The van der Waals surface area contributed by atoms with Crippen LogP contribution in [-0.2, 0) is 16.1 Å². The first-order valence-electron chi connectivity index (χ1n) is 8.22. The fourth-order valence-corrected chi connectivity index (χ4v) is 2.86. The van der Waals surface area contributed by atoms with Crippen molar-refractivity contribution < 1.29 is 28.5 Å². The van der Waals surface area contributed by atoms with Crippen LogP contribution in [0.4, 0.5) is 0 Å². The molecule has 142 valence electrons. The zero-order chi connectivity index (χ0) is 19.2. The number of carbonyl (C=O) groups is 2. The van der Waals surface area contributed by atoms with Gasteiger partial charge in [0.1, 0.15) is 32.1 Å². The monoisotopic (exact) mass is 435 g/mol. The maximum atomic E-state index is 12.0. The Balaban J connectivity index is 1.50. The van der Waals surface area contributed by atoms with E-state index in [1.807, 2.05) is 0 Å². The first kappa shape index (κ1) is 19.0. The molecule has 0 spiro atoms. The van der Waals surface area contributed by atoms with Gasteiger partial charge in [-0.2, -0.15) is 0 Å². The summed E-state index contributed by atoms with van der Waals surface area (Å²) in [4.78, 5) is 24.0. The highest BCUT2D eigenvalue weighted by molar-refractivity contribution is 9.10. The highest BCUT2D eigenvalue weighted by Crippen LogP contribution is 2.35. The van der Waals surface area contributed by atoms with Gasteiger partial charge in [-0.25, -0.2) is 0 Å². The minimum absolute atomic E-state index is 0.0501. The van der Waals surface area contributed by atoms with E-state index in [1.54, 1.807) is 43.5 Å². The van der Waals surface area contributed by atoms with Crippen molar-refractivity contribution in [3.63, 3.8) is 0 Å². The summed E-state index contributed by atoms with van der Waals surface area (Å²) in [5.41, 5.74) is 1.17. The molecule has 0 radical (unpaired) electrons. The number of methoxy groups -OCH3 is 1. The van der Waals surface area contributed by atoms with Crippen molar-refractivity contribution in [3.8, 4) is 17.2 Å². The summed E-state index contributed by atoms with van der Waals surface area (Å²) in [6.07, 6.45) is 0. The standard InChI is InChI=1S/C19H18BrNO6/c1-24-14-4-2-12(3-5-14)19(23)21-10-18(22)27-11-13-8-16-17(9-15(13)20)26-7-6-25-16/h2-5,8-9H,6-7,10-11H2,1H3,(H,21,23). The van der Waals surface area contributed by atoms with Crippen molar-refractivity contribution >= 4 is 27.8 Å². The third kappa shape index (κ3) is 4.91. The molecule has 1 heterocycles. The van der Waals surface area contributed by atoms with Gasteiger partial charge in [-0.3, -0.25) is 9.59 Å². The van der Waals surface area contributed by atoms with Crippen molar-refractivity contribution in [2.24, 2.45) is 0 Å². The van der Waals surface area contributed by atoms with Crippen molar-refractivity contribution in [1.82, 2.24) is 5.32 Å². The highest BCUT2D eigenvalue weighted by atomic mass is 79.9. The van der Waals surface area contributed by atoms with Crippen LogP contribution in [0, 0.1) is 0 Å². The molecule has 0 saturated heterocycles. The number of nitrogens with one attached hydrogen (secondary N) is 1. The van der Waals surface area contributed by atoms with E-state index in [1.165, 1.54) is 0 Å². The normalized spacial score (nSPS) is 12.2. The van der Waals surface area contributed by atoms with Gasteiger partial charge in [0, 0.05) is 15.6 Å². The second-order valence-electron chi connectivity index (χ2n) is 5.66. The molecule has 0 atom stereocenters. The maximum Gasteiger partial charge on any atom is 0.325 e. The minimum Gasteiger partial charge on any atom is -0.497 e. The fourth-order valence-electron chi connectivity index (χ4n) is 2.42. The van der Waals surface area contributed by atoms with Gasteiger partial charge in [0.15, 0.2) is 11.5 Å². The molecule has 1 aliphatic rings. The molecule has 0 aliphatic carbocycles. The van der Waals surface area contributed by atoms with Gasteiger partial charge in [-0.1, -0.05) is 15.9 Å². The Hall–Kier alpha value is -2.74. The number of fused-ring (bicyclic) bond motifs is 1. The predicted octanol–water partition coefficient (Wildman–Crippen LogP) is 2.70. The van der Waals surface area contributed by atoms with E-state index in [-0.39, 0.29) is 19.1 Å². The van der Waals surface area contributed by atoms with Crippen LogP contribution in [0.2, 0.25) is 0 Å². The molecule has 0 bridgehead atoms. The topological polar surface area (TPSA) is 83.1 Å². The Bertz CT molecular complexity index is 837. The lowest BCUT2D eigenvalue weighted by Crippen LogP contribution is -2.30. The second kappa shape index (κ2) is 8.77. The van der Waals surface area contributed by atoms with Crippen molar-refractivity contribution in [2.45, 2.75) is 6.61 Å². The Morgan fingerprint density at radius 3 is 2.44 bits per heavy atom. The average molecular weight is 436 g/mol. The second-order valence-corrected chi connectivity index (χ2v) is 6.51. The number of benzene rings is 2. The van der Waals surface area contributed by atoms with E-state index in [4.69, 9.17) is 18.9 Å². The van der Waals surface area contributed by atoms with Gasteiger partial charge in [0.2, 0.25) is 0 Å². The molecule has 7 nitrogen and oxygen atoms in total. The predicted molar refractivity (Wildman–Crippen MR) is 100 cm³/mol. The molecule has 0 unspecified atom stereocenters. The van der Waals surface area contributed by atoms with E-state index in [2.05, 4.69) is 21.2 Å². The third-order valence-corrected chi connectivity index (χ3v) is 4.58. The number of esters is 1. The zero-order valence-corrected chi connectivity index (χ0v) is 16.2. The van der Waals surface area contributed by atoms with E-state index in [9.17, 15) is 9.59 Å². The van der Waals surface area contributed by atoms with Crippen LogP contribution < -0.4 is 19.5 Å². The minimum atomic E-state index is -0.543. The fraction of sp³-hybridized carbons (Fsp3) is 0.263. The van der Waals surface area contributed by atoms with Crippen molar-refractivity contribution in [1.29, 1.82) is 0 Å². The van der Waals surface area contributed by atoms with Crippen LogP contribution in [0.15, 0.2) is 40.9 Å². The average Bonchev–Trinajstić information content (AvgIpc) is 2.70. The summed E-state index contributed by atoms with van der Waals surface area (Å²) < 4.78 is 22.0. The Kier molecular flexibility index (Phi) is 6.18. The Morgan fingerprint density at radius 1 is 1.11 bits per heavy atom. The van der Waals surface area contributed by atoms with Crippen LogP contribution in [0.1, 0.15) is 15.9 Å². The van der Waals surface area contributed by atoms with Crippen molar-refractivity contribution in [2.75, 3.05) is 26.9 Å². The van der Waals surface area contributed by atoms with Crippen LogP contribution in [0.5, 0.6) is 17.2 Å². The van der Waals surface area contributed by atoms with Crippen LogP contribution in [0.25, 0.3) is 0 Å². The van der Waals surface area contributed by atoms with Gasteiger partial charge in [0.05, 0.1) is 7.11 Å². The van der Waals surface area contributed by atoms with E-state index in [0.29, 0.717) is 36.0 Å². The van der Waals surface area contributed by atoms with E-state index < -0.39 is 5.97 Å². The summed E-state index contributed by atoms with van der Waals surface area (Å²) in [6, 6.07) is 10.1. The summed E-state index contributed by atoms with van der Waals surface area (Å²) >= 11 is 3.42. The van der Waals surface area contributed by atoms with Gasteiger partial charge < -0.3 is 24.3 Å².